The minimum atomic E-state index is -0.502. The van der Waals surface area contributed by atoms with Crippen molar-refractivity contribution in [2.24, 2.45) is 0 Å². The molecule has 0 unspecified atom stereocenters. The summed E-state index contributed by atoms with van der Waals surface area (Å²) in [7, 11) is 0. The molecular formula is C21H13BrN2O5S. The van der Waals surface area contributed by atoms with Crippen molar-refractivity contribution < 1.29 is 18.9 Å². The predicted octanol–water partition coefficient (Wildman–Crippen LogP) is 5.85. The van der Waals surface area contributed by atoms with Crippen molar-refractivity contribution in [3.05, 3.63) is 91.5 Å². The monoisotopic (exact) mass is 484 g/mol. The number of carbonyl (C=O) groups excluding carboxylic acids is 2. The first-order chi connectivity index (χ1) is 14.4. The molecule has 1 aliphatic heterocycles. The van der Waals surface area contributed by atoms with E-state index in [4.69, 9.17) is 4.42 Å². The topological polar surface area (TPSA) is 93.7 Å². The zero-order chi connectivity index (χ0) is 21.3. The normalized spacial score (nSPS) is 15.2. The van der Waals surface area contributed by atoms with E-state index in [9.17, 15) is 19.7 Å². The molecule has 0 N–H and O–H groups in total. The SMILES string of the molecule is O=C1S/C(=C\c2ccc(-c3cccc(Br)c3)o2)C(=O)N1Cc1ccc([N+](=O)[O-])cc1. The Morgan fingerprint density at radius 1 is 1.10 bits per heavy atom. The van der Waals surface area contributed by atoms with E-state index in [1.807, 2.05) is 24.3 Å². The molecule has 150 valence electrons. The van der Waals surface area contributed by atoms with Crippen molar-refractivity contribution in [3.8, 4) is 11.3 Å². The summed E-state index contributed by atoms with van der Waals surface area (Å²) in [6, 6.07) is 16.9. The highest BCUT2D eigenvalue weighted by atomic mass is 79.9. The maximum Gasteiger partial charge on any atom is 0.293 e. The fourth-order valence-corrected chi connectivity index (χ4v) is 4.12. The van der Waals surface area contributed by atoms with E-state index in [1.165, 1.54) is 24.3 Å². The van der Waals surface area contributed by atoms with Gasteiger partial charge >= 0.3 is 0 Å². The van der Waals surface area contributed by atoms with Gasteiger partial charge in [0.15, 0.2) is 0 Å². The Morgan fingerprint density at radius 3 is 2.57 bits per heavy atom. The van der Waals surface area contributed by atoms with E-state index >= 15 is 0 Å². The molecule has 0 saturated carbocycles. The Balaban J connectivity index is 1.51. The van der Waals surface area contributed by atoms with E-state index in [0.29, 0.717) is 17.1 Å². The number of hydrogen-bond donors (Lipinski definition) is 0. The number of benzene rings is 2. The molecule has 0 bridgehead atoms. The summed E-state index contributed by atoms with van der Waals surface area (Å²) in [5, 5.41) is 10.4. The highest BCUT2D eigenvalue weighted by Gasteiger charge is 2.35. The minimum Gasteiger partial charge on any atom is -0.457 e. The van der Waals surface area contributed by atoms with Crippen molar-refractivity contribution in [3.63, 3.8) is 0 Å². The molecule has 7 nitrogen and oxygen atoms in total. The number of amides is 2. The van der Waals surface area contributed by atoms with Crippen LogP contribution >= 0.6 is 27.7 Å². The molecule has 2 heterocycles. The second kappa shape index (κ2) is 8.29. The zero-order valence-electron chi connectivity index (χ0n) is 15.3. The van der Waals surface area contributed by atoms with Gasteiger partial charge in [-0.15, -0.1) is 0 Å². The lowest BCUT2D eigenvalue weighted by Gasteiger charge is -2.12. The molecule has 0 radical (unpaired) electrons. The van der Waals surface area contributed by atoms with Crippen LogP contribution in [0, 0.1) is 10.1 Å². The Kier molecular flexibility index (Phi) is 5.56. The molecule has 3 aromatic rings. The number of nitrogens with zero attached hydrogens (tertiary/aromatic N) is 2. The summed E-state index contributed by atoms with van der Waals surface area (Å²) in [6.45, 7) is 0.0431. The molecule has 2 aromatic carbocycles. The van der Waals surface area contributed by atoms with Crippen LogP contribution in [0.1, 0.15) is 11.3 Å². The fourth-order valence-electron chi connectivity index (χ4n) is 2.90. The number of nitro benzene ring substituents is 1. The molecule has 4 rings (SSSR count). The van der Waals surface area contributed by atoms with Gasteiger partial charge in [0.2, 0.25) is 0 Å². The summed E-state index contributed by atoms with van der Waals surface area (Å²) >= 11 is 4.25. The number of carbonyl (C=O) groups is 2. The zero-order valence-corrected chi connectivity index (χ0v) is 17.7. The van der Waals surface area contributed by atoms with Crippen molar-refractivity contribution in [1.82, 2.24) is 4.90 Å². The van der Waals surface area contributed by atoms with Crippen LogP contribution in [-0.4, -0.2) is 21.0 Å². The highest BCUT2D eigenvalue weighted by Crippen LogP contribution is 2.34. The molecule has 1 aliphatic rings. The van der Waals surface area contributed by atoms with E-state index in [0.717, 1.165) is 26.7 Å². The van der Waals surface area contributed by atoms with Crippen LogP contribution in [0.25, 0.3) is 17.4 Å². The van der Waals surface area contributed by atoms with Crippen LogP contribution < -0.4 is 0 Å². The van der Waals surface area contributed by atoms with Crippen molar-refractivity contribution in [2.75, 3.05) is 0 Å². The van der Waals surface area contributed by atoms with E-state index in [1.54, 1.807) is 18.2 Å². The Labute approximate surface area is 183 Å². The molecule has 2 amide bonds. The van der Waals surface area contributed by atoms with Crippen LogP contribution in [0.15, 0.2) is 74.5 Å². The first kappa shape index (κ1) is 20.1. The number of hydrogen-bond acceptors (Lipinski definition) is 6. The number of non-ortho nitro benzene ring substituents is 1. The maximum absolute atomic E-state index is 12.7. The smallest absolute Gasteiger partial charge is 0.293 e. The third-order valence-corrected chi connectivity index (χ3v) is 5.77. The number of nitro groups is 1. The molecule has 1 fully saturated rings. The lowest BCUT2D eigenvalue weighted by molar-refractivity contribution is -0.384. The van der Waals surface area contributed by atoms with Crippen molar-refractivity contribution in [2.45, 2.75) is 6.54 Å². The quantitative estimate of drug-likeness (QED) is 0.256. The van der Waals surface area contributed by atoms with Gasteiger partial charge in [-0.05, 0) is 41.6 Å². The van der Waals surface area contributed by atoms with Gasteiger partial charge in [-0.3, -0.25) is 24.6 Å². The number of imide groups is 1. The number of thioether (sulfide) groups is 1. The lowest BCUT2D eigenvalue weighted by Crippen LogP contribution is -2.27. The Morgan fingerprint density at radius 2 is 1.87 bits per heavy atom. The second-order valence-electron chi connectivity index (χ2n) is 6.40. The number of rotatable bonds is 5. The minimum absolute atomic E-state index is 0.0431. The number of furan rings is 1. The molecular weight excluding hydrogens is 472 g/mol. The summed E-state index contributed by atoms with van der Waals surface area (Å²) in [4.78, 5) is 36.6. The largest absolute Gasteiger partial charge is 0.457 e. The lowest BCUT2D eigenvalue weighted by atomic mass is 10.2. The van der Waals surface area contributed by atoms with Crippen LogP contribution in [0.3, 0.4) is 0 Å². The van der Waals surface area contributed by atoms with Crippen LogP contribution in [-0.2, 0) is 11.3 Å². The standard InChI is InChI=1S/C21H13BrN2O5S/c22-15-3-1-2-14(10-15)18-9-8-17(29-18)11-19-20(25)23(21(26)30-19)12-13-4-6-16(7-5-13)24(27)28/h1-11H,12H2/b19-11-. The van der Waals surface area contributed by atoms with Crippen LogP contribution in [0.5, 0.6) is 0 Å². The van der Waals surface area contributed by atoms with E-state index < -0.39 is 16.1 Å². The molecule has 0 atom stereocenters. The Hall–Kier alpha value is -3.17. The highest BCUT2D eigenvalue weighted by molar-refractivity contribution is 9.10. The van der Waals surface area contributed by atoms with Crippen molar-refractivity contribution >= 4 is 50.6 Å². The average Bonchev–Trinajstić information content (AvgIpc) is 3.29. The number of halogens is 1. The van der Waals surface area contributed by atoms with Gasteiger partial charge in [0.05, 0.1) is 16.4 Å². The molecule has 9 heteroatoms. The van der Waals surface area contributed by atoms with E-state index in [2.05, 4.69) is 15.9 Å². The van der Waals surface area contributed by atoms with Gasteiger partial charge < -0.3 is 4.42 Å². The fraction of sp³-hybridized carbons (Fsp3) is 0.0476. The first-order valence-corrected chi connectivity index (χ1v) is 10.4. The average molecular weight is 485 g/mol. The van der Waals surface area contributed by atoms with Gasteiger partial charge in [-0.25, -0.2) is 0 Å². The summed E-state index contributed by atoms with van der Waals surface area (Å²) in [5.41, 5.74) is 1.46. The first-order valence-electron chi connectivity index (χ1n) is 8.75. The van der Waals surface area contributed by atoms with Gasteiger partial charge in [0.1, 0.15) is 11.5 Å². The molecule has 0 aliphatic carbocycles. The molecule has 1 saturated heterocycles. The van der Waals surface area contributed by atoms with E-state index in [-0.39, 0.29) is 17.1 Å². The van der Waals surface area contributed by atoms with Gasteiger partial charge in [0.25, 0.3) is 16.8 Å². The third-order valence-electron chi connectivity index (χ3n) is 4.37. The third kappa shape index (κ3) is 4.22. The maximum atomic E-state index is 12.7. The van der Waals surface area contributed by atoms with Crippen LogP contribution in [0.2, 0.25) is 0 Å². The van der Waals surface area contributed by atoms with Crippen molar-refractivity contribution in [1.29, 1.82) is 0 Å². The van der Waals surface area contributed by atoms with Gasteiger partial charge in [0, 0.05) is 28.2 Å². The summed E-state index contributed by atoms with van der Waals surface area (Å²) in [5.74, 6) is 0.683. The molecule has 1 aromatic heterocycles. The second-order valence-corrected chi connectivity index (χ2v) is 8.31. The summed E-state index contributed by atoms with van der Waals surface area (Å²) < 4.78 is 6.72. The Bertz CT molecular complexity index is 1190. The molecule has 0 spiro atoms. The van der Waals surface area contributed by atoms with Gasteiger partial charge in [-0.1, -0.05) is 40.2 Å². The molecule has 30 heavy (non-hydrogen) atoms. The predicted molar refractivity (Wildman–Crippen MR) is 116 cm³/mol. The van der Waals surface area contributed by atoms with Gasteiger partial charge in [-0.2, -0.15) is 0 Å². The van der Waals surface area contributed by atoms with Crippen LogP contribution in [0.4, 0.5) is 10.5 Å². The summed E-state index contributed by atoms with van der Waals surface area (Å²) in [6.07, 6.45) is 1.54.